The molecule has 1 atom stereocenters. The number of hydrogen-bond donors (Lipinski definition) is 0. The van der Waals surface area contributed by atoms with Gasteiger partial charge in [0.15, 0.2) is 0 Å². The van der Waals surface area contributed by atoms with Crippen molar-refractivity contribution in [1.82, 2.24) is 0 Å². The summed E-state index contributed by atoms with van der Waals surface area (Å²) in [5.41, 5.74) is 5.28. The number of nitrogens with zero attached hydrogens (tertiary/aromatic N) is 2. The molecule has 2 aliphatic rings. The van der Waals surface area contributed by atoms with E-state index >= 15 is 0 Å². The van der Waals surface area contributed by atoms with Gasteiger partial charge in [-0.2, -0.15) is 0 Å². The fourth-order valence-electron chi connectivity index (χ4n) is 3.91. The van der Waals surface area contributed by atoms with Crippen LogP contribution in [0, 0.1) is 5.92 Å². The first-order chi connectivity index (χ1) is 13.6. The Morgan fingerprint density at radius 3 is 2.32 bits per heavy atom. The molecule has 2 fully saturated rings. The summed E-state index contributed by atoms with van der Waals surface area (Å²) < 4.78 is 5.84. The minimum Gasteiger partial charge on any atom is -0.493 e. The van der Waals surface area contributed by atoms with Crippen LogP contribution in [0.5, 0.6) is 5.75 Å². The van der Waals surface area contributed by atoms with Crippen LogP contribution in [0.4, 0.5) is 5.69 Å². The third-order valence-electron chi connectivity index (χ3n) is 5.73. The number of hydrogen-bond acceptors (Lipinski definition) is 3. The van der Waals surface area contributed by atoms with Gasteiger partial charge in [-0.1, -0.05) is 24.3 Å². The van der Waals surface area contributed by atoms with Crippen LogP contribution < -0.4 is 9.64 Å². The summed E-state index contributed by atoms with van der Waals surface area (Å²) in [6.45, 7) is 9.39. The molecule has 148 valence electrons. The van der Waals surface area contributed by atoms with Crippen LogP contribution in [-0.4, -0.2) is 31.4 Å². The van der Waals surface area contributed by atoms with Gasteiger partial charge in [0.25, 0.3) is 0 Å². The molecule has 2 aromatic rings. The van der Waals surface area contributed by atoms with Gasteiger partial charge >= 0.3 is 0 Å². The highest BCUT2D eigenvalue weighted by Gasteiger charge is 2.28. The van der Waals surface area contributed by atoms with Crippen molar-refractivity contribution >= 4 is 11.4 Å². The standard InChI is InChI=1S/C25H32N2O/c1-18(2)26-19(3)14-20-6-8-22(9-7-20)23-15-27(16-23)24-10-12-25(13-11-24)28-17-21-4-5-21/h6-13,19,21,23H,4-5,14-17H2,1-3H3. The molecule has 0 spiro atoms. The molecule has 0 bridgehead atoms. The van der Waals surface area contributed by atoms with Gasteiger partial charge in [0.1, 0.15) is 5.75 Å². The fraction of sp³-hybridized carbons (Fsp3) is 0.480. The van der Waals surface area contributed by atoms with Gasteiger partial charge in [-0.3, -0.25) is 4.99 Å². The summed E-state index contributed by atoms with van der Waals surface area (Å²) >= 11 is 0. The van der Waals surface area contributed by atoms with E-state index in [1.54, 1.807) is 0 Å². The first-order valence-corrected chi connectivity index (χ1v) is 10.6. The summed E-state index contributed by atoms with van der Waals surface area (Å²) in [4.78, 5) is 7.08. The molecule has 28 heavy (non-hydrogen) atoms. The normalized spacial score (nSPS) is 17.8. The van der Waals surface area contributed by atoms with Gasteiger partial charge < -0.3 is 9.64 Å². The molecule has 0 aromatic heterocycles. The van der Waals surface area contributed by atoms with E-state index in [2.05, 4.69) is 79.2 Å². The van der Waals surface area contributed by atoms with Crippen molar-refractivity contribution < 1.29 is 4.74 Å². The van der Waals surface area contributed by atoms with Crippen molar-refractivity contribution in [3.8, 4) is 5.75 Å². The SMILES string of the molecule is CC(C)=NC(C)Cc1ccc(C2CN(c3ccc(OCC4CC4)cc3)C2)cc1. The van der Waals surface area contributed by atoms with E-state index in [0.29, 0.717) is 12.0 Å². The lowest BCUT2D eigenvalue weighted by molar-refractivity contribution is 0.300. The maximum absolute atomic E-state index is 5.84. The van der Waals surface area contributed by atoms with E-state index in [1.165, 1.54) is 29.7 Å². The monoisotopic (exact) mass is 376 g/mol. The molecule has 0 amide bonds. The summed E-state index contributed by atoms with van der Waals surface area (Å²) in [5, 5.41) is 0. The van der Waals surface area contributed by atoms with Crippen molar-refractivity contribution in [2.45, 2.75) is 52.0 Å². The Morgan fingerprint density at radius 1 is 1.04 bits per heavy atom. The molecule has 3 heteroatoms. The van der Waals surface area contributed by atoms with E-state index < -0.39 is 0 Å². The van der Waals surface area contributed by atoms with Gasteiger partial charge in [0, 0.05) is 30.4 Å². The largest absolute Gasteiger partial charge is 0.493 e. The van der Waals surface area contributed by atoms with Crippen molar-refractivity contribution in [1.29, 1.82) is 0 Å². The highest BCUT2D eigenvalue weighted by atomic mass is 16.5. The van der Waals surface area contributed by atoms with Gasteiger partial charge in [-0.05, 0) is 81.3 Å². The second kappa shape index (κ2) is 8.38. The molecule has 0 radical (unpaired) electrons. The van der Waals surface area contributed by atoms with Crippen molar-refractivity contribution in [3.63, 3.8) is 0 Å². The number of aliphatic imine (C=N–C) groups is 1. The average molecular weight is 377 g/mol. The third kappa shape index (κ3) is 4.95. The summed E-state index contributed by atoms with van der Waals surface area (Å²) in [6.07, 6.45) is 3.68. The van der Waals surface area contributed by atoms with Crippen LogP contribution in [0.2, 0.25) is 0 Å². The van der Waals surface area contributed by atoms with Crippen LogP contribution >= 0.6 is 0 Å². The molecule has 1 aliphatic heterocycles. The minimum atomic E-state index is 0.353. The molecular weight excluding hydrogens is 344 g/mol. The van der Waals surface area contributed by atoms with Crippen LogP contribution in [0.3, 0.4) is 0 Å². The van der Waals surface area contributed by atoms with Crippen molar-refractivity contribution in [3.05, 3.63) is 59.7 Å². The van der Waals surface area contributed by atoms with E-state index in [-0.39, 0.29) is 0 Å². The molecule has 1 heterocycles. The van der Waals surface area contributed by atoms with Crippen LogP contribution in [0.1, 0.15) is 50.7 Å². The molecule has 4 rings (SSSR count). The summed E-state index contributed by atoms with van der Waals surface area (Å²) in [6, 6.07) is 18.1. The predicted octanol–water partition coefficient (Wildman–Crippen LogP) is 5.49. The zero-order valence-electron chi connectivity index (χ0n) is 17.4. The fourth-order valence-corrected chi connectivity index (χ4v) is 3.91. The lowest BCUT2D eigenvalue weighted by Gasteiger charge is -2.41. The maximum Gasteiger partial charge on any atom is 0.119 e. The molecule has 1 unspecified atom stereocenters. The molecular formula is C25H32N2O. The number of rotatable bonds is 8. The van der Waals surface area contributed by atoms with Crippen LogP contribution in [-0.2, 0) is 6.42 Å². The minimum absolute atomic E-state index is 0.353. The molecule has 0 N–H and O–H groups in total. The molecule has 1 aliphatic carbocycles. The van der Waals surface area contributed by atoms with E-state index in [4.69, 9.17) is 4.74 Å². The smallest absolute Gasteiger partial charge is 0.119 e. The van der Waals surface area contributed by atoms with Gasteiger partial charge in [0.2, 0.25) is 0 Å². The predicted molar refractivity (Wildman–Crippen MR) is 118 cm³/mol. The molecule has 1 saturated heterocycles. The highest BCUT2D eigenvalue weighted by Crippen LogP contribution is 2.33. The Labute approximate surface area is 169 Å². The molecule has 2 aromatic carbocycles. The van der Waals surface area contributed by atoms with Crippen LogP contribution in [0.25, 0.3) is 0 Å². The van der Waals surface area contributed by atoms with E-state index in [9.17, 15) is 0 Å². The quantitative estimate of drug-likeness (QED) is 0.569. The third-order valence-corrected chi connectivity index (χ3v) is 5.73. The van der Waals surface area contributed by atoms with Gasteiger partial charge in [-0.25, -0.2) is 0 Å². The number of benzene rings is 2. The zero-order valence-corrected chi connectivity index (χ0v) is 17.4. The summed E-state index contributed by atoms with van der Waals surface area (Å²) in [7, 11) is 0. The summed E-state index contributed by atoms with van der Waals surface area (Å²) in [5.74, 6) is 2.43. The second-order valence-electron chi connectivity index (χ2n) is 8.72. The Balaban J connectivity index is 1.26. The van der Waals surface area contributed by atoms with E-state index in [1.807, 2.05) is 0 Å². The van der Waals surface area contributed by atoms with E-state index in [0.717, 1.165) is 43.5 Å². The Morgan fingerprint density at radius 2 is 1.71 bits per heavy atom. The lowest BCUT2D eigenvalue weighted by Crippen LogP contribution is -2.45. The van der Waals surface area contributed by atoms with Crippen LogP contribution in [0.15, 0.2) is 53.5 Å². The Kier molecular flexibility index (Phi) is 5.70. The zero-order chi connectivity index (χ0) is 19.5. The van der Waals surface area contributed by atoms with Crippen molar-refractivity contribution in [2.24, 2.45) is 10.9 Å². The van der Waals surface area contributed by atoms with Gasteiger partial charge in [-0.15, -0.1) is 0 Å². The topological polar surface area (TPSA) is 24.8 Å². The molecule has 3 nitrogen and oxygen atoms in total. The highest BCUT2D eigenvalue weighted by molar-refractivity contribution is 5.79. The lowest BCUT2D eigenvalue weighted by atomic mass is 9.90. The first-order valence-electron chi connectivity index (χ1n) is 10.6. The first kappa shape index (κ1) is 19.0. The van der Waals surface area contributed by atoms with Gasteiger partial charge in [0.05, 0.1) is 12.6 Å². The average Bonchev–Trinajstić information content (AvgIpc) is 3.45. The maximum atomic E-state index is 5.84. The Hall–Kier alpha value is -2.29. The second-order valence-corrected chi connectivity index (χ2v) is 8.72. The Bertz CT molecular complexity index is 795. The number of anilines is 1. The number of ether oxygens (including phenoxy) is 1. The van der Waals surface area contributed by atoms with Crippen molar-refractivity contribution in [2.75, 3.05) is 24.6 Å². The molecule has 1 saturated carbocycles.